The van der Waals surface area contributed by atoms with E-state index in [4.69, 9.17) is 0 Å². The van der Waals surface area contributed by atoms with Crippen molar-refractivity contribution in [3.63, 3.8) is 0 Å². The summed E-state index contributed by atoms with van der Waals surface area (Å²) in [6.07, 6.45) is 3.13. The summed E-state index contributed by atoms with van der Waals surface area (Å²) in [7, 11) is 0. The first-order chi connectivity index (χ1) is 7.25. The van der Waals surface area contributed by atoms with Gasteiger partial charge in [0.15, 0.2) is 0 Å². The maximum Gasteiger partial charge on any atom is 0.0901 e. The number of aromatic nitrogens is 1. The Morgan fingerprint density at radius 3 is 3.00 bits per heavy atom. The van der Waals surface area contributed by atoms with Crippen LogP contribution in [0.25, 0.3) is 0 Å². The summed E-state index contributed by atoms with van der Waals surface area (Å²) in [4.78, 5) is 6.45. The molecule has 4 heteroatoms. The van der Waals surface area contributed by atoms with Crippen molar-refractivity contribution in [2.45, 2.75) is 25.9 Å². The van der Waals surface area contributed by atoms with Crippen LogP contribution in [0.3, 0.4) is 0 Å². The van der Waals surface area contributed by atoms with E-state index < -0.39 is 0 Å². The third-order valence-corrected chi connectivity index (χ3v) is 4.16. The summed E-state index contributed by atoms with van der Waals surface area (Å²) in [5, 5.41) is 13.0. The lowest BCUT2D eigenvalue weighted by atomic mass is 10.1. The van der Waals surface area contributed by atoms with E-state index in [0.717, 1.165) is 22.7 Å². The predicted octanol–water partition coefficient (Wildman–Crippen LogP) is 3.18. The van der Waals surface area contributed by atoms with Crippen LogP contribution in [0, 0.1) is 6.92 Å². The molecule has 0 spiro atoms. The largest absolute Gasteiger partial charge is 0.388 e. The Morgan fingerprint density at radius 2 is 2.40 bits per heavy atom. The molecule has 1 atom stereocenters. The second-order valence-corrected chi connectivity index (χ2v) is 5.71. The fourth-order valence-corrected chi connectivity index (χ4v) is 2.94. The van der Waals surface area contributed by atoms with Crippen LogP contribution >= 0.6 is 22.7 Å². The van der Waals surface area contributed by atoms with Gasteiger partial charge in [0.1, 0.15) is 0 Å². The molecule has 1 N–H and O–H groups in total. The minimum atomic E-state index is -0.363. The average Bonchev–Trinajstić information content (AvgIpc) is 2.84. The van der Waals surface area contributed by atoms with Gasteiger partial charge in [-0.3, -0.25) is 0 Å². The minimum Gasteiger partial charge on any atom is -0.388 e. The lowest BCUT2D eigenvalue weighted by molar-refractivity contribution is 0.171. The van der Waals surface area contributed by atoms with Gasteiger partial charge in [-0.1, -0.05) is 6.07 Å². The summed E-state index contributed by atoms with van der Waals surface area (Å²) in [6.45, 7) is 1.96. The molecular weight excluding hydrogens is 226 g/mol. The van der Waals surface area contributed by atoms with Crippen LogP contribution in [0.1, 0.15) is 27.3 Å². The standard InChI is InChI=1S/C11H13NOS2/c1-8-12-7-11(15-8)10(13)5-4-9-3-2-6-14-9/h2-3,6-7,10,13H,4-5H2,1H3. The number of aliphatic hydroxyl groups excluding tert-OH is 1. The molecule has 1 unspecified atom stereocenters. The third-order valence-electron chi connectivity index (χ3n) is 2.21. The predicted molar refractivity (Wildman–Crippen MR) is 64.5 cm³/mol. The molecular formula is C11H13NOS2. The number of hydrogen-bond donors (Lipinski definition) is 1. The van der Waals surface area contributed by atoms with Crippen molar-refractivity contribution in [1.29, 1.82) is 0 Å². The van der Waals surface area contributed by atoms with Crippen LogP contribution in [0.5, 0.6) is 0 Å². The zero-order chi connectivity index (χ0) is 10.7. The van der Waals surface area contributed by atoms with Gasteiger partial charge in [0.2, 0.25) is 0 Å². The number of rotatable bonds is 4. The Hall–Kier alpha value is -0.710. The number of thiazole rings is 1. The molecule has 0 aliphatic carbocycles. The van der Waals surface area contributed by atoms with E-state index in [-0.39, 0.29) is 6.10 Å². The van der Waals surface area contributed by atoms with Gasteiger partial charge in [-0.2, -0.15) is 0 Å². The normalized spacial score (nSPS) is 12.9. The zero-order valence-electron chi connectivity index (χ0n) is 8.51. The Kier molecular flexibility index (Phi) is 3.51. The molecule has 0 saturated carbocycles. The third kappa shape index (κ3) is 2.87. The fourth-order valence-electron chi connectivity index (χ4n) is 1.41. The van der Waals surface area contributed by atoms with E-state index in [9.17, 15) is 5.11 Å². The van der Waals surface area contributed by atoms with Gasteiger partial charge >= 0.3 is 0 Å². The lowest BCUT2D eigenvalue weighted by Crippen LogP contribution is -1.96. The van der Waals surface area contributed by atoms with E-state index in [2.05, 4.69) is 16.4 Å². The van der Waals surface area contributed by atoms with Crippen molar-refractivity contribution in [3.8, 4) is 0 Å². The molecule has 0 aliphatic heterocycles. The van der Waals surface area contributed by atoms with Crippen molar-refractivity contribution >= 4 is 22.7 Å². The Morgan fingerprint density at radius 1 is 1.53 bits per heavy atom. The van der Waals surface area contributed by atoms with Crippen LogP contribution in [-0.2, 0) is 6.42 Å². The first kappa shape index (κ1) is 10.8. The van der Waals surface area contributed by atoms with Crippen LogP contribution in [-0.4, -0.2) is 10.1 Å². The lowest BCUT2D eigenvalue weighted by Gasteiger charge is -2.05. The summed E-state index contributed by atoms with van der Waals surface area (Å²) in [5.41, 5.74) is 0. The second kappa shape index (κ2) is 4.88. The highest BCUT2D eigenvalue weighted by Gasteiger charge is 2.10. The van der Waals surface area contributed by atoms with Crippen molar-refractivity contribution in [2.24, 2.45) is 0 Å². The highest BCUT2D eigenvalue weighted by molar-refractivity contribution is 7.11. The molecule has 0 fully saturated rings. The SMILES string of the molecule is Cc1ncc(C(O)CCc2cccs2)s1. The summed E-state index contributed by atoms with van der Waals surface area (Å²) in [5.74, 6) is 0. The maximum absolute atomic E-state index is 9.91. The molecule has 0 bridgehead atoms. The highest BCUT2D eigenvalue weighted by atomic mass is 32.1. The summed E-state index contributed by atoms with van der Waals surface area (Å²) < 4.78 is 0. The molecule has 2 heterocycles. The molecule has 2 aromatic rings. The maximum atomic E-state index is 9.91. The monoisotopic (exact) mass is 239 g/mol. The van der Waals surface area contributed by atoms with Crippen molar-refractivity contribution in [3.05, 3.63) is 38.5 Å². The Balaban J connectivity index is 1.90. The van der Waals surface area contributed by atoms with Gasteiger partial charge in [-0.15, -0.1) is 22.7 Å². The first-order valence-corrected chi connectivity index (χ1v) is 6.58. The second-order valence-electron chi connectivity index (χ2n) is 3.42. The van der Waals surface area contributed by atoms with E-state index in [1.54, 1.807) is 28.9 Å². The number of hydrogen-bond acceptors (Lipinski definition) is 4. The molecule has 0 aromatic carbocycles. The molecule has 0 aliphatic rings. The smallest absolute Gasteiger partial charge is 0.0901 e. The Bertz CT molecular complexity index is 408. The number of aryl methyl sites for hydroxylation is 2. The van der Waals surface area contributed by atoms with Gasteiger partial charge < -0.3 is 5.11 Å². The van der Waals surface area contributed by atoms with Crippen molar-refractivity contribution in [1.82, 2.24) is 4.98 Å². The molecule has 2 rings (SSSR count). The van der Waals surface area contributed by atoms with E-state index in [1.807, 2.05) is 13.0 Å². The van der Waals surface area contributed by atoms with Gasteiger partial charge in [0.25, 0.3) is 0 Å². The molecule has 0 radical (unpaired) electrons. The molecule has 0 amide bonds. The molecule has 15 heavy (non-hydrogen) atoms. The van der Waals surface area contributed by atoms with Crippen LogP contribution in [0.15, 0.2) is 23.7 Å². The first-order valence-electron chi connectivity index (χ1n) is 4.88. The van der Waals surface area contributed by atoms with Gasteiger partial charge in [0.05, 0.1) is 16.0 Å². The van der Waals surface area contributed by atoms with E-state index in [1.165, 1.54) is 4.88 Å². The summed E-state index contributed by atoms with van der Waals surface area (Å²) in [6, 6.07) is 4.15. The van der Waals surface area contributed by atoms with Crippen LogP contribution in [0.4, 0.5) is 0 Å². The number of thiophene rings is 1. The van der Waals surface area contributed by atoms with E-state index in [0.29, 0.717) is 0 Å². The topological polar surface area (TPSA) is 33.1 Å². The average molecular weight is 239 g/mol. The number of aliphatic hydroxyl groups is 1. The van der Waals surface area contributed by atoms with Gasteiger partial charge in [-0.25, -0.2) is 4.98 Å². The fraction of sp³-hybridized carbons (Fsp3) is 0.364. The quantitative estimate of drug-likeness (QED) is 0.889. The van der Waals surface area contributed by atoms with Gasteiger partial charge in [0, 0.05) is 11.1 Å². The summed E-state index contributed by atoms with van der Waals surface area (Å²) >= 11 is 3.32. The molecule has 80 valence electrons. The van der Waals surface area contributed by atoms with Crippen LogP contribution < -0.4 is 0 Å². The molecule has 2 aromatic heterocycles. The zero-order valence-corrected chi connectivity index (χ0v) is 10.1. The van der Waals surface area contributed by atoms with Crippen molar-refractivity contribution in [2.75, 3.05) is 0 Å². The number of nitrogens with zero attached hydrogens (tertiary/aromatic N) is 1. The van der Waals surface area contributed by atoms with Gasteiger partial charge in [-0.05, 0) is 31.2 Å². The van der Waals surface area contributed by atoms with Crippen LogP contribution in [0.2, 0.25) is 0 Å². The molecule has 0 saturated heterocycles. The minimum absolute atomic E-state index is 0.363. The van der Waals surface area contributed by atoms with Crippen molar-refractivity contribution < 1.29 is 5.11 Å². The Labute approximate surface area is 97.2 Å². The highest BCUT2D eigenvalue weighted by Crippen LogP contribution is 2.25. The van der Waals surface area contributed by atoms with E-state index >= 15 is 0 Å². The molecule has 2 nitrogen and oxygen atoms in total.